The minimum atomic E-state index is 0.159. The lowest BCUT2D eigenvalue weighted by Crippen LogP contribution is -2.23. The van der Waals surface area contributed by atoms with Gasteiger partial charge in [0.15, 0.2) is 0 Å². The van der Waals surface area contributed by atoms with Gasteiger partial charge in [-0.3, -0.25) is 0 Å². The highest BCUT2D eigenvalue weighted by Crippen LogP contribution is 2.25. The van der Waals surface area contributed by atoms with Crippen LogP contribution in [0.25, 0.3) is 0 Å². The fourth-order valence-electron chi connectivity index (χ4n) is 2.16. The van der Waals surface area contributed by atoms with Crippen molar-refractivity contribution in [2.75, 3.05) is 18.5 Å². The van der Waals surface area contributed by atoms with E-state index in [0.717, 1.165) is 18.0 Å². The molecule has 2 N–H and O–H groups in total. The van der Waals surface area contributed by atoms with E-state index in [2.05, 4.69) is 24.9 Å². The molecule has 1 aromatic rings. The number of benzene rings is 1. The second-order valence-electron chi connectivity index (χ2n) is 5.08. The van der Waals surface area contributed by atoms with Crippen molar-refractivity contribution in [3.05, 3.63) is 28.8 Å². The zero-order valence-corrected chi connectivity index (χ0v) is 12.5. The van der Waals surface area contributed by atoms with E-state index in [1.807, 2.05) is 19.1 Å². The van der Waals surface area contributed by atoms with Crippen molar-refractivity contribution in [1.29, 1.82) is 0 Å². The molecule has 0 fully saturated rings. The Balaban J connectivity index is 2.78. The first-order chi connectivity index (χ1) is 8.54. The lowest BCUT2D eigenvalue weighted by molar-refractivity contribution is 0.697. The van der Waals surface area contributed by atoms with E-state index in [-0.39, 0.29) is 6.04 Å². The Labute approximate surface area is 116 Å². The summed E-state index contributed by atoms with van der Waals surface area (Å²) in [4.78, 5) is 2.31. The summed E-state index contributed by atoms with van der Waals surface area (Å²) >= 11 is 6.07. The molecule has 0 saturated heterocycles. The molecule has 1 unspecified atom stereocenters. The van der Waals surface area contributed by atoms with E-state index in [4.69, 9.17) is 17.3 Å². The van der Waals surface area contributed by atoms with Gasteiger partial charge >= 0.3 is 0 Å². The van der Waals surface area contributed by atoms with Gasteiger partial charge in [-0.1, -0.05) is 31.4 Å². The average Bonchev–Trinajstić information content (AvgIpc) is 2.28. The number of nitrogens with two attached hydrogens (primary N) is 1. The third-order valence-electron chi connectivity index (χ3n) is 3.09. The van der Waals surface area contributed by atoms with Crippen molar-refractivity contribution in [2.24, 2.45) is 5.73 Å². The van der Waals surface area contributed by atoms with E-state index >= 15 is 0 Å². The summed E-state index contributed by atoms with van der Waals surface area (Å²) in [7, 11) is 2.14. The van der Waals surface area contributed by atoms with Gasteiger partial charge in [0.2, 0.25) is 0 Å². The number of unbranched alkanes of at least 4 members (excludes halogenated alkanes) is 2. The highest BCUT2D eigenvalue weighted by atomic mass is 35.5. The Kier molecular flexibility index (Phi) is 6.51. The van der Waals surface area contributed by atoms with Gasteiger partial charge in [-0.15, -0.1) is 0 Å². The molecule has 0 aromatic heterocycles. The quantitative estimate of drug-likeness (QED) is 0.761. The van der Waals surface area contributed by atoms with Gasteiger partial charge in [-0.2, -0.15) is 0 Å². The molecule has 0 aliphatic rings. The maximum atomic E-state index is 6.07. The van der Waals surface area contributed by atoms with Gasteiger partial charge in [0.25, 0.3) is 0 Å². The summed E-state index contributed by atoms with van der Waals surface area (Å²) in [5.74, 6) is 0. The molecule has 1 rings (SSSR count). The van der Waals surface area contributed by atoms with Crippen LogP contribution in [0.2, 0.25) is 5.02 Å². The first kappa shape index (κ1) is 15.3. The molecule has 102 valence electrons. The first-order valence-electron chi connectivity index (χ1n) is 6.79. The molecule has 0 bridgehead atoms. The smallest absolute Gasteiger partial charge is 0.0410 e. The number of halogens is 1. The lowest BCUT2D eigenvalue weighted by Gasteiger charge is -2.23. The molecule has 0 amide bonds. The molecule has 0 heterocycles. The van der Waals surface area contributed by atoms with Gasteiger partial charge < -0.3 is 10.6 Å². The molecule has 0 aliphatic carbocycles. The molecule has 18 heavy (non-hydrogen) atoms. The van der Waals surface area contributed by atoms with Crippen molar-refractivity contribution in [3.63, 3.8) is 0 Å². The molecular weight excluding hydrogens is 244 g/mol. The van der Waals surface area contributed by atoms with Crippen molar-refractivity contribution < 1.29 is 0 Å². The van der Waals surface area contributed by atoms with Crippen LogP contribution < -0.4 is 10.6 Å². The zero-order chi connectivity index (χ0) is 13.5. The Morgan fingerprint density at radius 1 is 1.33 bits per heavy atom. The monoisotopic (exact) mass is 268 g/mol. The van der Waals surface area contributed by atoms with E-state index in [1.54, 1.807) is 0 Å². The number of hydrogen-bond acceptors (Lipinski definition) is 2. The highest BCUT2D eigenvalue weighted by Gasteiger charge is 2.09. The van der Waals surface area contributed by atoms with Crippen LogP contribution in [-0.2, 0) is 6.42 Å². The van der Waals surface area contributed by atoms with Crippen LogP contribution in [0.5, 0.6) is 0 Å². The van der Waals surface area contributed by atoms with Crippen molar-refractivity contribution in [3.8, 4) is 0 Å². The molecule has 1 atom stereocenters. The Bertz CT molecular complexity index is 364. The Morgan fingerprint density at radius 2 is 2.06 bits per heavy atom. The molecule has 0 spiro atoms. The Morgan fingerprint density at radius 3 is 2.67 bits per heavy atom. The summed E-state index contributed by atoms with van der Waals surface area (Å²) in [6.45, 7) is 5.34. The molecule has 3 heteroatoms. The summed E-state index contributed by atoms with van der Waals surface area (Å²) in [6.07, 6.45) is 4.63. The molecule has 1 aromatic carbocycles. The largest absolute Gasteiger partial charge is 0.374 e. The van der Waals surface area contributed by atoms with Gasteiger partial charge in [0, 0.05) is 30.3 Å². The van der Waals surface area contributed by atoms with E-state index < -0.39 is 0 Å². The standard InChI is InChI=1S/C15H25ClN2/c1-4-5-6-9-18(3)15-8-7-14(16)11-13(15)10-12(2)17/h7-8,11-12H,4-6,9-10,17H2,1-3H3. The minimum Gasteiger partial charge on any atom is -0.374 e. The molecule has 2 nitrogen and oxygen atoms in total. The predicted molar refractivity (Wildman–Crippen MR) is 81.6 cm³/mol. The van der Waals surface area contributed by atoms with E-state index in [1.165, 1.54) is 30.5 Å². The second-order valence-corrected chi connectivity index (χ2v) is 5.52. The topological polar surface area (TPSA) is 29.3 Å². The minimum absolute atomic E-state index is 0.159. The number of rotatable bonds is 7. The maximum absolute atomic E-state index is 6.07. The fourth-order valence-corrected chi connectivity index (χ4v) is 2.35. The first-order valence-corrected chi connectivity index (χ1v) is 7.17. The zero-order valence-electron chi connectivity index (χ0n) is 11.7. The predicted octanol–water partition coefficient (Wildman–Crippen LogP) is 3.86. The van der Waals surface area contributed by atoms with E-state index in [0.29, 0.717) is 0 Å². The second kappa shape index (κ2) is 7.65. The van der Waals surface area contributed by atoms with Crippen LogP contribution >= 0.6 is 11.6 Å². The van der Waals surface area contributed by atoms with Crippen molar-refractivity contribution in [1.82, 2.24) is 0 Å². The third-order valence-corrected chi connectivity index (χ3v) is 3.33. The van der Waals surface area contributed by atoms with Crippen molar-refractivity contribution in [2.45, 2.75) is 45.6 Å². The molecular formula is C15H25ClN2. The molecule has 0 saturated carbocycles. The number of nitrogens with zero attached hydrogens (tertiary/aromatic N) is 1. The summed E-state index contributed by atoms with van der Waals surface area (Å²) < 4.78 is 0. The maximum Gasteiger partial charge on any atom is 0.0410 e. The van der Waals surface area contributed by atoms with Crippen LogP contribution in [-0.4, -0.2) is 19.6 Å². The van der Waals surface area contributed by atoms with Gasteiger partial charge in [0.05, 0.1) is 0 Å². The van der Waals surface area contributed by atoms with E-state index in [9.17, 15) is 0 Å². The van der Waals surface area contributed by atoms with Crippen LogP contribution in [0.15, 0.2) is 18.2 Å². The summed E-state index contributed by atoms with van der Waals surface area (Å²) in [5.41, 5.74) is 8.41. The Hall–Kier alpha value is -0.730. The van der Waals surface area contributed by atoms with Gasteiger partial charge in [-0.05, 0) is 43.5 Å². The molecule has 0 aliphatic heterocycles. The molecule has 0 radical (unpaired) electrons. The van der Waals surface area contributed by atoms with Crippen molar-refractivity contribution >= 4 is 17.3 Å². The van der Waals surface area contributed by atoms with Gasteiger partial charge in [-0.25, -0.2) is 0 Å². The average molecular weight is 269 g/mol. The van der Waals surface area contributed by atoms with Crippen LogP contribution in [0.3, 0.4) is 0 Å². The van der Waals surface area contributed by atoms with Crippen LogP contribution in [0.1, 0.15) is 38.7 Å². The van der Waals surface area contributed by atoms with Gasteiger partial charge in [0.1, 0.15) is 0 Å². The SMILES string of the molecule is CCCCCN(C)c1ccc(Cl)cc1CC(C)N. The summed E-state index contributed by atoms with van der Waals surface area (Å²) in [5, 5.41) is 0.788. The lowest BCUT2D eigenvalue weighted by atomic mass is 10.0. The number of hydrogen-bond donors (Lipinski definition) is 1. The van der Waals surface area contributed by atoms with Crippen LogP contribution in [0, 0.1) is 0 Å². The number of anilines is 1. The highest BCUT2D eigenvalue weighted by molar-refractivity contribution is 6.30. The normalized spacial score (nSPS) is 12.5. The van der Waals surface area contributed by atoms with Crippen LogP contribution in [0.4, 0.5) is 5.69 Å². The third kappa shape index (κ3) is 4.87. The summed E-state index contributed by atoms with van der Waals surface area (Å²) in [6, 6.07) is 6.26. The fraction of sp³-hybridized carbons (Fsp3) is 0.600.